The van der Waals surface area contributed by atoms with E-state index in [1.165, 1.54) is 0 Å². The molecule has 0 atom stereocenters. The van der Waals surface area contributed by atoms with Gasteiger partial charge in [0.15, 0.2) is 0 Å². The summed E-state index contributed by atoms with van der Waals surface area (Å²) in [5, 5.41) is 2.74. The van der Waals surface area contributed by atoms with Crippen molar-refractivity contribution in [2.24, 2.45) is 0 Å². The number of hydrogen-bond acceptors (Lipinski definition) is 4. The van der Waals surface area contributed by atoms with Crippen molar-refractivity contribution in [1.29, 1.82) is 0 Å². The first kappa shape index (κ1) is 28.4. The molecule has 0 saturated carbocycles. The Morgan fingerprint density at radius 2 is 0.976 bits per heavy atom. The van der Waals surface area contributed by atoms with Gasteiger partial charge >= 0.3 is 12.1 Å². The predicted octanol–water partition coefficient (Wildman–Crippen LogP) is 8.18. The van der Waals surface area contributed by atoms with Crippen molar-refractivity contribution < 1.29 is 19.1 Å². The van der Waals surface area contributed by atoms with Crippen LogP contribution in [0.25, 0.3) is 11.1 Å². The van der Waals surface area contributed by atoms with E-state index in [0.717, 1.165) is 40.7 Å². The van der Waals surface area contributed by atoms with Crippen molar-refractivity contribution in [2.75, 3.05) is 6.54 Å². The van der Waals surface area contributed by atoms with Crippen molar-refractivity contribution in [3.63, 3.8) is 0 Å². The zero-order chi connectivity index (χ0) is 29.2. The highest BCUT2D eigenvalue weighted by molar-refractivity contribution is 5.93. The van der Waals surface area contributed by atoms with Gasteiger partial charge in [-0.3, -0.25) is 0 Å². The standard InChI is InChI=1S/C37H33NO4/c1-2-3-27-38-36(40)42-34-25-21-29(22-26-34)28-19-23-33(24-20-28)41-35(39)37(30-13-7-4-8-14-30,31-15-9-5-10-16-31)32-17-11-6-12-18-32/h4-26H,2-3,27H2,1H3,(H,38,40). The monoisotopic (exact) mass is 555 g/mol. The number of hydrogen-bond donors (Lipinski definition) is 1. The molecule has 42 heavy (non-hydrogen) atoms. The van der Waals surface area contributed by atoms with E-state index in [-0.39, 0.29) is 0 Å². The largest absolute Gasteiger partial charge is 0.425 e. The highest BCUT2D eigenvalue weighted by atomic mass is 16.6. The Morgan fingerprint density at radius 1 is 0.571 bits per heavy atom. The molecule has 0 saturated heterocycles. The maximum Gasteiger partial charge on any atom is 0.412 e. The third-order valence-electron chi connectivity index (χ3n) is 7.19. The van der Waals surface area contributed by atoms with Crippen LogP contribution < -0.4 is 14.8 Å². The molecular weight excluding hydrogens is 522 g/mol. The van der Waals surface area contributed by atoms with E-state index >= 15 is 0 Å². The molecule has 0 aliphatic rings. The van der Waals surface area contributed by atoms with E-state index < -0.39 is 17.5 Å². The third kappa shape index (κ3) is 6.26. The Labute approximate surface area is 246 Å². The first-order valence-electron chi connectivity index (χ1n) is 14.2. The number of carbonyl (C=O) groups excluding carboxylic acids is 2. The Bertz CT molecular complexity index is 1490. The van der Waals surface area contributed by atoms with Gasteiger partial charge in [-0.2, -0.15) is 0 Å². The fourth-order valence-electron chi connectivity index (χ4n) is 5.04. The number of rotatable bonds is 10. The second-order valence-corrected chi connectivity index (χ2v) is 9.96. The average Bonchev–Trinajstić information content (AvgIpc) is 3.04. The Balaban J connectivity index is 1.39. The lowest BCUT2D eigenvalue weighted by Crippen LogP contribution is -2.41. The molecule has 0 radical (unpaired) electrons. The van der Waals surface area contributed by atoms with E-state index in [4.69, 9.17) is 9.47 Å². The lowest BCUT2D eigenvalue weighted by atomic mass is 9.69. The summed E-state index contributed by atoms with van der Waals surface area (Å²) < 4.78 is 11.5. The lowest BCUT2D eigenvalue weighted by Gasteiger charge is -2.33. The van der Waals surface area contributed by atoms with Crippen LogP contribution in [0, 0.1) is 0 Å². The highest BCUT2D eigenvalue weighted by Crippen LogP contribution is 2.41. The molecule has 210 valence electrons. The molecule has 0 unspecified atom stereocenters. The molecule has 0 aliphatic carbocycles. The van der Waals surface area contributed by atoms with Crippen molar-refractivity contribution in [3.05, 3.63) is 156 Å². The Kier molecular flexibility index (Phi) is 9.10. The fraction of sp³-hybridized carbons (Fsp3) is 0.135. The molecule has 5 rings (SSSR count). The minimum atomic E-state index is -1.17. The Hall–Kier alpha value is -5.16. The highest BCUT2D eigenvalue weighted by Gasteiger charge is 2.45. The molecule has 0 bridgehead atoms. The number of carbonyl (C=O) groups is 2. The van der Waals surface area contributed by atoms with Gasteiger partial charge in [-0.1, -0.05) is 129 Å². The van der Waals surface area contributed by atoms with Gasteiger partial charge in [-0.05, 0) is 58.5 Å². The van der Waals surface area contributed by atoms with Gasteiger partial charge in [0, 0.05) is 6.54 Å². The molecule has 0 heterocycles. The second kappa shape index (κ2) is 13.5. The molecular formula is C37H33NO4. The van der Waals surface area contributed by atoms with Gasteiger partial charge in [0.2, 0.25) is 0 Å². The Morgan fingerprint density at radius 3 is 1.38 bits per heavy atom. The molecule has 5 aromatic rings. The number of esters is 1. The van der Waals surface area contributed by atoms with Crippen LogP contribution in [0.3, 0.4) is 0 Å². The first-order valence-corrected chi connectivity index (χ1v) is 14.2. The van der Waals surface area contributed by atoms with Gasteiger partial charge in [0.05, 0.1) is 0 Å². The van der Waals surface area contributed by atoms with Gasteiger partial charge < -0.3 is 14.8 Å². The smallest absolute Gasteiger partial charge is 0.412 e. The van der Waals surface area contributed by atoms with E-state index in [9.17, 15) is 9.59 Å². The normalized spacial score (nSPS) is 11.0. The summed E-state index contributed by atoms with van der Waals surface area (Å²) in [7, 11) is 0. The second-order valence-electron chi connectivity index (χ2n) is 9.96. The predicted molar refractivity (Wildman–Crippen MR) is 166 cm³/mol. The number of nitrogens with one attached hydrogen (secondary N) is 1. The molecule has 0 fully saturated rings. The lowest BCUT2D eigenvalue weighted by molar-refractivity contribution is -0.138. The van der Waals surface area contributed by atoms with E-state index in [1.807, 2.05) is 115 Å². The first-order chi connectivity index (χ1) is 20.6. The van der Waals surface area contributed by atoms with Crippen molar-refractivity contribution in [1.82, 2.24) is 5.32 Å². The summed E-state index contributed by atoms with van der Waals surface area (Å²) in [6.45, 7) is 2.66. The SMILES string of the molecule is CCCCNC(=O)Oc1ccc(-c2ccc(OC(=O)C(c3ccccc3)(c3ccccc3)c3ccccc3)cc2)cc1. The molecule has 0 aliphatic heterocycles. The summed E-state index contributed by atoms with van der Waals surface area (Å²) in [6, 6.07) is 43.9. The van der Waals surface area contributed by atoms with Crippen molar-refractivity contribution in [3.8, 4) is 22.6 Å². The molecule has 1 N–H and O–H groups in total. The maximum atomic E-state index is 14.3. The maximum absolute atomic E-state index is 14.3. The fourth-order valence-corrected chi connectivity index (χ4v) is 5.04. The van der Waals surface area contributed by atoms with Crippen molar-refractivity contribution in [2.45, 2.75) is 25.2 Å². The topological polar surface area (TPSA) is 64.6 Å². The molecule has 5 nitrogen and oxygen atoms in total. The number of unbranched alkanes of at least 4 members (excludes halogenated alkanes) is 1. The van der Waals surface area contributed by atoms with Gasteiger partial charge in [0.25, 0.3) is 0 Å². The molecule has 5 heteroatoms. The summed E-state index contributed by atoms with van der Waals surface area (Å²) in [5.74, 6) is 0.523. The number of ether oxygens (including phenoxy) is 2. The molecule has 5 aromatic carbocycles. The van der Waals surface area contributed by atoms with Gasteiger partial charge in [-0.25, -0.2) is 9.59 Å². The minimum absolute atomic E-state index is 0.391. The van der Waals surface area contributed by atoms with Crippen molar-refractivity contribution >= 4 is 12.1 Å². The van der Waals surface area contributed by atoms with E-state index in [0.29, 0.717) is 18.0 Å². The zero-order valence-electron chi connectivity index (χ0n) is 23.5. The van der Waals surface area contributed by atoms with E-state index in [1.54, 1.807) is 24.3 Å². The zero-order valence-corrected chi connectivity index (χ0v) is 23.5. The summed E-state index contributed by atoms with van der Waals surface area (Å²) >= 11 is 0. The van der Waals surface area contributed by atoms with Crippen LogP contribution in [0.4, 0.5) is 4.79 Å². The number of benzene rings is 5. The average molecular weight is 556 g/mol. The molecule has 1 amide bonds. The third-order valence-corrected chi connectivity index (χ3v) is 7.19. The van der Waals surface area contributed by atoms with Crippen LogP contribution in [0.2, 0.25) is 0 Å². The summed E-state index contributed by atoms with van der Waals surface area (Å²) in [4.78, 5) is 26.3. The van der Waals surface area contributed by atoms with Gasteiger partial charge in [0.1, 0.15) is 16.9 Å². The van der Waals surface area contributed by atoms with Crippen LogP contribution in [-0.4, -0.2) is 18.6 Å². The summed E-state index contributed by atoms with van der Waals surface area (Å²) in [6.07, 6.45) is 1.45. The minimum Gasteiger partial charge on any atom is -0.425 e. The molecule has 0 aromatic heterocycles. The van der Waals surface area contributed by atoms with Crippen LogP contribution >= 0.6 is 0 Å². The van der Waals surface area contributed by atoms with Crippen LogP contribution in [0.15, 0.2) is 140 Å². The summed E-state index contributed by atoms with van der Waals surface area (Å²) in [5.41, 5.74) is 3.19. The van der Waals surface area contributed by atoms with E-state index in [2.05, 4.69) is 12.2 Å². The van der Waals surface area contributed by atoms with Crippen LogP contribution in [0.5, 0.6) is 11.5 Å². The molecule has 0 spiro atoms. The number of amides is 1. The quantitative estimate of drug-likeness (QED) is 0.0817. The van der Waals surface area contributed by atoms with Crippen LogP contribution in [0.1, 0.15) is 36.5 Å². The van der Waals surface area contributed by atoms with Gasteiger partial charge in [-0.15, -0.1) is 0 Å². The van der Waals surface area contributed by atoms with Crippen LogP contribution in [-0.2, 0) is 10.2 Å².